The van der Waals surface area contributed by atoms with Gasteiger partial charge in [-0.15, -0.1) is 11.3 Å². The number of hydrogen-bond donors (Lipinski definition) is 0. The maximum absolute atomic E-state index is 5.10. The van der Waals surface area contributed by atoms with Gasteiger partial charge in [-0.25, -0.2) is 15.0 Å². The number of hydrogen-bond acceptors (Lipinski definition) is 4. The molecule has 4 heterocycles. The van der Waals surface area contributed by atoms with Crippen molar-refractivity contribution in [3.8, 4) is 45.5 Å². The van der Waals surface area contributed by atoms with E-state index in [0.29, 0.717) is 17.5 Å². The minimum Gasteiger partial charge on any atom is -0.309 e. The predicted molar refractivity (Wildman–Crippen MR) is 238 cm³/mol. The zero-order valence-corrected chi connectivity index (χ0v) is 31.4. The Morgan fingerprint density at radius 1 is 0.333 bits per heavy atom. The van der Waals surface area contributed by atoms with Gasteiger partial charge in [-0.3, -0.25) is 0 Å². The molecule has 0 amide bonds. The smallest absolute Gasteiger partial charge is 0.164 e. The molecule has 8 aromatic carbocycles. The molecule has 57 heavy (non-hydrogen) atoms. The zero-order valence-electron chi connectivity index (χ0n) is 30.5. The highest BCUT2D eigenvalue weighted by atomic mass is 32.1. The van der Waals surface area contributed by atoms with Crippen molar-refractivity contribution in [1.29, 1.82) is 0 Å². The van der Waals surface area contributed by atoms with Crippen LogP contribution < -0.4 is 0 Å². The van der Waals surface area contributed by atoms with Crippen molar-refractivity contribution in [2.24, 2.45) is 0 Å². The minimum atomic E-state index is 0.629. The molecule has 0 fully saturated rings. The van der Waals surface area contributed by atoms with Gasteiger partial charge in [-0.1, -0.05) is 140 Å². The standard InChI is InChI=1S/C51H31N5S/c1-4-15-32(16-5-1)49-52-50(33-17-6-2-7-18-33)54-51(53-49)34-19-14-22-36(29-34)56-45-31-44-41(37-23-10-12-25-43(37)55(44)35-20-8-3-9-21-35)30-42(45)39-27-28-40-38-24-11-13-26-46(38)57-48(40)47(39)56/h1-31H. The first-order chi connectivity index (χ1) is 28.3. The third-order valence-corrected chi connectivity index (χ3v) is 12.3. The summed E-state index contributed by atoms with van der Waals surface area (Å²) < 4.78 is 7.42. The first kappa shape index (κ1) is 31.9. The van der Waals surface area contributed by atoms with Crippen LogP contribution in [-0.2, 0) is 0 Å². The summed E-state index contributed by atoms with van der Waals surface area (Å²) in [7, 11) is 0. The molecule has 0 atom stereocenters. The van der Waals surface area contributed by atoms with E-state index in [1.54, 1.807) is 0 Å². The summed E-state index contributed by atoms with van der Waals surface area (Å²) in [4.78, 5) is 15.2. The summed E-state index contributed by atoms with van der Waals surface area (Å²) >= 11 is 1.86. The van der Waals surface area contributed by atoms with E-state index in [1.165, 1.54) is 58.3 Å². The highest BCUT2D eigenvalue weighted by Gasteiger charge is 2.22. The molecule has 0 aliphatic heterocycles. The minimum absolute atomic E-state index is 0.629. The average Bonchev–Trinajstić information content (AvgIpc) is 3.94. The Balaban J connectivity index is 1.17. The van der Waals surface area contributed by atoms with Gasteiger partial charge < -0.3 is 9.13 Å². The van der Waals surface area contributed by atoms with E-state index in [1.807, 2.05) is 72.0 Å². The molecule has 0 bridgehead atoms. The van der Waals surface area contributed by atoms with Gasteiger partial charge in [0.05, 0.1) is 26.8 Å². The first-order valence-electron chi connectivity index (χ1n) is 19.1. The number of benzene rings is 8. The van der Waals surface area contributed by atoms with E-state index in [9.17, 15) is 0 Å². The van der Waals surface area contributed by atoms with E-state index < -0.39 is 0 Å². The molecule has 0 aliphatic carbocycles. The Bertz CT molecular complexity index is 3450. The van der Waals surface area contributed by atoms with Crippen LogP contribution in [0.15, 0.2) is 188 Å². The van der Waals surface area contributed by atoms with Gasteiger partial charge in [0.1, 0.15) is 0 Å². The van der Waals surface area contributed by atoms with E-state index in [0.717, 1.165) is 33.6 Å². The van der Waals surface area contributed by atoms with Crippen LogP contribution in [0.4, 0.5) is 0 Å². The van der Waals surface area contributed by atoms with E-state index in [4.69, 9.17) is 15.0 Å². The molecule has 0 N–H and O–H groups in total. The topological polar surface area (TPSA) is 48.5 Å². The van der Waals surface area contributed by atoms with E-state index >= 15 is 0 Å². The highest BCUT2D eigenvalue weighted by Crippen LogP contribution is 2.45. The summed E-state index contributed by atoms with van der Waals surface area (Å²) in [6, 6.07) is 66.6. The molecule has 6 heteroatoms. The van der Waals surface area contributed by atoms with Crippen molar-refractivity contribution < 1.29 is 0 Å². The highest BCUT2D eigenvalue weighted by molar-refractivity contribution is 7.26. The Hall–Kier alpha value is -7.41. The summed E-state index contributed by atoms with van der Waals surface area (Å²) in [5.41, 5.74) is 9.69. The molecule has 4 aromatic heterocycles. The second-order valence-corrected chi connectivity index (χ2v) is 15.5. The molecule has 5 nitrogen and oxygen atoms in total. The lowest BCUT2D eigenvalue weighted by Gasteiger charge is -2.12. The fourth-order valence-electron chi connectivity index (χ4n) is 8.58. The van der Waals surface area contributed by atoms with Gasteiger partial charge in [-0.05, 0) is 48.5 Å². The monoisotopic (exact) mass is 745 g/mol. The normalized spacial score (nSPS) is 11.9. The zero-order chi connectivity index (χ0) is 37.5. The molecule has 12 aromatic rings. The van der Waals surface area contributed by atoms with Crippen LogP contribution in [0.25, 0.3) is 109 Å². The van der Waals surface area contributed by atoms with Crippen molar-refractivity contribution in [2.45, 2.75) is 0 Å². The van der Waals surface area contributed by atoms with Crippen LogP contribution in [0.1, 0.15) is 0 Å². The third-order valence-electron chi connectivity index (χ3n) is 11.1. The maximum atomic E-state index is 5.10. The summed E-state index contributed by atoms with van der Waals surface area (Å²) in [6.45, 7) is 0. The van der Waals surface area contributed by atoms with Crippen LogP contribution in [0.2, 0.25) is 0 Å². The van der Waals surface area contributed by atoms with Crippen LogP contribution in [0.3, 0.4) is 0 Å². The summed E-state index contributed by atoms with van der Waals surface area (Å²) in [5.74, 6) is 1.92. The van der Waals surface area contributed by atoms with E-state index in [2.05, 4.69) is 137 Å². The number of rotatable bonds is 5. The van der Waals surface area contributed by atoms with Gasteiger partial charge >= 0.3 is 0 Å². The third kappa shape index (κ3) is 4.98. The van der Waals surface area contributed by atoms with Gasteiger partial charge in [0.15, 0.2) is 17.5 Å². The fraction of sp³-hybridized carbons (Fsp3) is 0. The molecule has 0 unspecified atom stereocenters. The number of nitrogens with zero attached hydrogens (tertiary/aromatic N) is 5. The molecule has 12 rings (SSSR count). The number of fused-ring (bicyclic) bond motifs is 10. The number of thiophene rings is 1. The van der Waals surface area contributed by atoms with Crippen molar-refractivity contribution in [3.63, 3.8) is 0 Å². The number of para-hydroxylation sites is 2. The van der Waals surface area contributed by atoms with Crippen molar-refractivity contribution >= 4 is 75.1 Å². The van der Waals surface area contributed by atoms with Crippen LogP contribution in [-0.4, -0.2) is 24.1 Å². The van der Waals surface area contributed by atoms with Crippen molar-refractivity contribution in [2.75, 3.05) is 0 Å². The van der Waals surface area contributed by atoms with Gasteiger partial charge in [0.2, 0.25) is 0 Å². The van der Waals surface area contributed by atoms with Crippen molar-refractivity contribution in [1.82, 2.24) is 24.1 Å². The van der Waals surface area contributed by atoms with Crippen LogP contribution in [0, 0.1) is 0 Å². The Labute approximate surface area is 331 Å². The second-order valence-electron chi connectivity index (χ2n) is 14.4. The molecule has 0 saturated heterocycles. The molecule has 0 saturated carbocycles. The van der Waals surface area contributed by atoms with Crippen LogP contribution >= 0.6 is 11.3 Å². The Morgan fingerprint density at radius 2 is 0.877 bits per heavy atom. The van der Waals surface area contributed by atoms with Gasteiger partial charge in [0.25, 0.3) is 0 Å². The van der Waals surface area contributed by atoms with E-state index in [-0.39, 0.29) is 0 Å². The quantitative estimate of drug-likeness (QED) is 0.176. The molecule has 0 aliphatic rings. The van der Waals surface area contributed by atoms with Gasteiger partial charge in [-0.2, -0.15) is 0 Å². The lowest BCUT2D eigenvalue weighted by molar-refractivity contribution is 1.07. The molecule has 0 radical (unpaired) electrons. The first-order valence-corrected chi connectivity index (χ1v) is 19.9. The Kier molecular flexibility index (Phi) is 7.03. The average molecular weight is 746 g/mol. The molecular weight excluding hydrogens is 715 g/mol. The molecule has 0 spiro atoms. The SMILES string of the molecule is c1ccc(-c2nc(-c3ccccc3)nc(-c3cccc(-n4c5cc6c(cc5c5ccc7c8ccccc8sc7c54)c4ccccc4n6-c4ccccc4)c3)n2)cc1. The second kappa shape index (κ2) is 12.6. The maximum Gasteiger partial charge on any atom is 0.164 e. The van der Waals surface area contributed by atoms with Crippen LogP contribution in [0.5, 0.6) is 0 Å². The van der Waals surface area contributed by atoms with Gasteiger partial charge in [0, 0.05) is 65.1 Å². The summed E-state index contributed by atoms with van der Waals surface area (Å²) in [6.07, 6.45) is 0. The Morgan fingerprint density at radius 3 is 1.61 bits per heavy atom. The van der Waals surface area contributed by atoms with Crippen molar-refractivity contribution in [3.05, 3.63) is 188 Å². The fourth-order valence-corrected chi connectivity index (χ4v) is 9.82. The lowest BCUT2D eigenvalue weighted by Crippen LogP contribution is -2.01. The summed E-state index contributed by atoms with van der Waals surface area (Å²) in [5, 5.41) is 7.47. The lowest BCUT2D eigenvalue weighted by atomic mass is 10.1. The molecule has 266 valence electrons. The largest absolute Gasteiger partial charge is 0.309 e. The molecular formula is C51H31N5S. The predicted octanol–water partition coefficient (Wildman–Crippen LogP) is 13.4. The number of aromatic nitrogens is 5.